The molecule has 284 valence electrons. The van der Waals surface area contributed by atoms with Crippen LogP contribution in [0.2, 0.25) is 0 Å². The summed E-state index contributed by atoms with van der Waals surface area (Å²) in [6, 6.07) is 12.9. The number of hydrogen-bond acceptors (Lipinski definition) is 8. The zero-order chi connectivity index (χ0) is 37.1. The predicted octanol–water partition coefficient (Wildman–Crippen LogP) is 6.22. The third-order valence-corrected chi connectivity index (χ3v) is 15.0. The molecule has 2 aromatic carbocycles. The number of piperidine rings is 3. The number of methoxy groups -OCH3 is 3. The Bertz CT molecular complexity index is 2220. The van der Waals surface area contributed by atoms with Crippen LogP contribution in [0.25, 0.3) is 21.8 Å². The summed E-state index contributed by atoms with van der Waals surface area (Å²) in [6.45, 7) is 7.87. The number of aromatic nitrogens is 2. The highest BCUT2D eigenvalue weighted by Gasteiger charge is 2.64. The molecule has 10 heteroatoms. The molecule has 11 rings (SSSR count). The quantitative estimate of drug-likeness (QED) is 0.184. The van der Waals surface area contributed by atoms with Crippen LogP contribution in [0.3, 0.4) is 0 Å². The van der Waals surface area contributed by atoms with Crippen LogP contribution >= 0.6 is 0 Å². The van der Waals surface area contributed by atoms with Gasteiger partial charge in [-0.2, -0.15) is 0 Å². The molecule has 2 aliphatic carbocycles. The van der Waals surface area contributed by atoms with Gasteiger partial charge < -0.3 is 28.9 Å². The van der Waals surface area contributed by atoms with Crippen molar-refractivity contribution >= 4 is 33.7 Å². The van der Waals surface area contributed by atoms with Crippen molar-refractivity contribution in [3.63, 3.8) is 0 Å². The van der Waals surface area contributed by atoms with Gasteiger partial charge in [0, 0.05) is 76.8 Å². The number of carbonyl (C=O) groups is 2. The van der Waals surface area contributed by atoms with Crippen molar-refractivity contribution in [3.05, 3.63) is 76.1 Å². The van der Waals surface area contributed by atoms with Gasteiger partial charge in [-0.3, -0.25) is 19.4 Å². The van der Waals surface area contributed by atoms with Gasteiger partial charge >= 0.3 is 11.9 Å². The van der Waals surface area contributed by atoms with Crippen LogP contribution in [-0.4, -0.2) is 98.1 Å². The summed E-state index contributed by atoms with van der Waals surface area (Å²) in [4.78, 5) is 41.8. The van der Waals surface area contributed by atoms with Crippen LogP contribution < -0.4 is 4.74 Å². The first-order valence-corrected chi connectivity index (χ1v) is 20.0. The molecule has 10 nitrogen and oxygen atoms in total. The monoisotopic (exact) mass is 732 g/mol. The molecule has 8 bridgehead atoms. The van der Waals surface area contributed by atoms with E-state index in [1.54, 1.807) is 14.2 Å². The fourth-order valence-electron chi connectivity index (χ4n) is 13.0. The van der Waals surface area contributed by atoms with Gasteiger partial charge in [0.25, 0.3) is 0 Å². The van der Waals surface area contributed by atoms with Crippen LogP contribution in [-0.2, 0) is 42.1 Å². The summed E-state index contributed by atoms with van der Waals surface area (Å²) in [5, 5.41) is 2.32. The minimum Gasteiger partial charge on any atom is -0.496 e. The summed E-state index contributed by atoms with van der Waals surface area (Å²) >= 11 is 0. The average Bonchev–Trinajstić information content (AvgIpc) is 3.73. The van der Waals surface area contributed by atoms with Gasteiger partial charge in [-0.05, 0) is 80.2 Å². The fraction of sp³-hybridized carbons (Fsp3) is 0.545. The molecule has 5 aliphatic heterocycles. The van der Waals surface area contributed by atoms with Gasteiger partial charge in [-0.25, -0.2) is 0 Å². The van der Waals surface area contributed by atoms with Crippen LogP contribution in [0.1, 0.15) is 73.5 Å². The maximum absolute atomic E-state index is 14.5. The van der Waals surface area contributed by atoms with Crippen molar-refractivity contribution in [2.45, 2.75) is 75.8 Å². The predicted molar refractivity (Wildman–Crippen MR) is 206 cm³/mol. The van der Waals surface area contributed by atoms with Crippen molar-refractivity contribution in [2.24, 2.45) is 23.2 Å². The highest BCUT2D eigenvalue weighted by molar-refractivity contribution is 5.95. The Hall–Kier alpha value is -4.12. The van der Waals surface area contributed by atoms with E-state index in [2.05, 4.69) is 76.1 Å². The van der Waals surface area contributed by atoms with Gasteiger partial charge in [0.2, 0.25) is 0 Å². The van der Waals surface area contributed by atoms with E-state index in [0.29, 0.717) is 38.0 Å². The molecule has 0 spiro atoms. The van der Waals surface area contributed by atoms with E-state index in [4.69, 9.17) is 18.9 Å². The second kappa shape index (κ2) is 12.4. The first-order chi connectivity index (χ1) is 26.3. The molecule has 4 aromatic rings. The van der Waals surface area contributed by atoms with Gasteiger partial charge in [0.15, 0.2) is 0 Å². The number of fused-ring (bicyclic) bond motifs is 7. The van der Waals surface area contributed by atoms with E-state index in [0.717, 1.165) is 84.4 Å². The Labute approximate surface area is 316 Å². The van der Waals surface area contributed by atoms with Crippen molar-refractivity contribution in [2.75, 3.05) is 54.3 Å². The lowest BCUT2D eigenvalue weighted by molar-refractivity contribution is -0.199. The number of carbonyl (C=O) groups excluding carboxylic acids is 2. The fourth-order valence-corrected chi connectivity index (χ4v) is 13.0. The molecule has 7 heterocycles. The second-order valence-electron chi connectivity index (χ2n) is 17.0. The summed E-state index contributed by atoms with van der Waals surface area (Å²) in [5.41, 5.74) is 7.40. The Balaban J connectivity index is 1.26. The second-order valence-corrected chi connectivity index (χ2v) is 17.0. The Morgan fingerprint density at radius 1 is 1.00 bits per heavy atom. The van der Waals surface area contributed by atoms with Gasteiger partial charge in [0.05, 0.1) is 40.2 Å². The number of H-pyrrole nitrogens is 2. The summed E-state index contributed by atoms with van der Waals surface area (Å²) < 4.78 is 24.2. The van der Waals surface area contributed by atoms with E-state index in [1.165, 1.54) is 29.2 Å². The molecular weight excluding hydrogens is 681 g/mol. The van der Waals surface area contributed by atoms with Crippen LogP contribution in [0.15, 0.2) is 48.0 Å². The Morgan fingerprint density at radius 2 is 1.83 bits per heavy atom. The Kier molecular flexibility index (Phi) is 7.92. The lowest BCUT2D eigenvalue weighted by Crippen LogP contribution is -2.68. The van der Waals surface area contributed by atoms with Gasteiger partial charge in [-0.15, -0.1) is 0 Å². The van der Waals surface area contributed by atoms with Gasteiger partial charge in [0.1, 0.15) is 16.6 Å². The molecule has 0 radical (unpaired) electrons. The third kappa shape index (κ3) is 4.39. The SMILES string of the molecule is C/C=C1\CN2COC[C@@]3(C(=O)OC)[C@@H]1C[C@H](c1c(OC)ccc4c5c([nH]c14)[C@]1(C(=O)OC)C[C@@H]4C[C@H](CC)[C@@H]1N(CC5)C4)c1[nH]c4ccccc4c1C[C@H]23. The number of allylic oxidation sites excluding steroid dienone is 1. The number of hydrogen-bond donors (Lipinski definition) is 2. The van der Waals surface area contributed by atoms with E-state index in [1.807, 2.05) is 0 Å². The smallest absolute Gasteiger partial charge is 0.319 e. The van der Waals surface area contributed by atoms with E-state index in [9.17, 15) is 9.59 Å². The van der Waals surface area contributed by atoms with Crippen LogP contribution in [0, 0.1) is 23.2 Å². The summed E-state index contributed by atoms with van der Waals surface area (Å²) in [6.07, 6.45) is 7.40. The molecule has 2 aromatic heterocycles. The third-order valence-electron chi connectivity index (χ3n) is 15.0. The number of benzene rings is 2. The van der Waals surface area contributed by atoms with Crippen molar-refractivity contribution in [1.82, 2.24) is 19.8 Å². The molecule has 0 amide bonds. The van der Waals surface area contributed by atoms with Crippen molar-refractivity contribution in [3.8, 4) is 5.75 Å². The zero-order valence-electron chi connectivity index (χ0n) is 32.1. The number of esters is 2. The maximum Gasteiger partial charge on any atom is 0.319 e. The minimum absolute atomic E-state index is 0.0818. The number of ether oxygens (including phenoxy) is 4. The standard InChI is InChI=1S/C44H52N4O6/c1-6-25-16-24-19-43(41(49)52-4)39-29(14-15-47(20-24)40(25)43)28-12-13-34(51-3)36(38(28)46-39)31-17-32-26(7-2)21-48-23-54-22-44(32,42(50)53-5)35(48)18-30-27-10-8-9-11-33(27)45-37(30)31/h7-13,24-25,31-32,35,40,45-46H,6,14-23H2,1-5H3/b26-7+/t24-,25-,31+,32+,35-,40-,43+,44+/m0/s1. The maximum atomic E-state index is 14.5. The largest absolute Gasteiger partial charge is 0.496 e. The molecule has 4 saturated heterocycles. The molecule has 10 atom stereocenters. The van der Waals surface area contributed by atoms with Crippen LogP contribution in [0.5, 0.6) is 5.75 Å². The van der Waals surface area contributed by atoms with E-state index in [-0.39, 0.29) is 35.9 Å². The number of aromatic amines is 2. The van der Waals surface area contributed by atoms with Crippen molar-refractivity contribution in [1.29, 1.82) is 0 Å². The van der Waals surface area contributed by atoms with Crippen molar-refractivity contribution < 1.29 is 28.5 Å². The Morgan fingerprint density at radius 3 is 2.61 bits per heavy atom. The average molecular weight is 733 g/mol. The lowest BCUT2D eigenvalue weighted by atomic mass is 9.56. The number of rotatable bonds is 5. The van der Waals surface area contributed by atoms with E-state index < -0.39 is 10.8 Å². The number of para-hydroxylation sites is 1. The minimum atomic E-state index is -0.885. The highest BCUT2D eigenvalue weighted by atomic mass is 16.5. The first-order valence-electron chi connectivity index (χ1n) is 20.0. The first kappa shape index (κ1) is 34.4. The summed E-state index contributed by atoms with van der Waals surface area (Å²) in [7, 11) is 4.83. The molecule has 54 heavy (non-hydrogen) atoms. The lowest BCUT2D eigenvalue weighted by Gasteiger charge is -2.58. The molecule has 7 aliphatic rings. The number of nitrogens with one attached hydrogen (secondary N) is 2. The van der Waals surface area contributed by atoms with Gasteiger partial charge in [-0.1, -0.05) is 43.2 Å². The molecule has 2 unspecified atom stereocenters. The topological polar surface area (TPSA) is 109 Å². The van der Waals surface area contributed by atoms with Crippen LogP contribution in [0.4, 0.5) is 0 Å². The summed E-state index contributed by atoms with van der Waals surface area (Å²) in [5.74, 6) is 1.01. The molecule has 2 N–H and O–H groups in total. The number of nitrogens with zero attached hydrogens (tertiary/aromatic N) is 2. The zero-order valence-corrected chi connectivity index (χ0v) is 32.1. The molecular formula is C44H52N4O6. The van der Waals surface area contributed by atoms with E-state index >= 15 is 0 Å². The molecule has 1 saturated carbocycles. The molecule has 5 fully saturated rings. The highest BCUT2D eigenvalue weighted by Crippen LogP contribution is 2.59. The normalized spacial score (nSPS) is 35.8.